The quantitative estimate of drug-likeness (QED) is 0.923. The average Bonchev–Trinajstić information content (AvgIpc) is 3.01. The Labute approximate surface area is 121 Å². The largest absolute Gasteiger partial charge is 0.310 e. The Kier molecular flexibility index (Phi) is 3.03. The Balaban J connectivity index is 1.57. The summed E-state index contributed by atoms with van der Waals surface area (Å²) in [5.41, 5.74) is 1.13. The summed E-state index contributed by atoms with van der Waals surface area (Å²) >= 11 is 7.92. The van der Waals surface area contributed by atoms with Gasteiger partial charge in [0.15, 0.2) is 10.1 Å². The van der Waals surface area contributed by atoms with Gasteiger partial charge in [0.1, 0.15) is 0 Å². The molecule has 2 aliphatic heterocycles. The first-order chi connectivity index (χ1) is 9.29. The van der Waals surface area contributed by atoms with Crippen LogP contribution in [0, 0.1) is 0 Å². The van der Waals surface area contributed by atoms with Gasteiger partial charge in [-0.3, -0.25) is 9.30 Å². The van der Waals surface area contributed by atoms with E-state index in [9.17, 15) is 0 Å². The Morgan fingerprint density at radius 3 is 3.21 bits per heavy atom. The van der Waals surface area contributed by atoms with Gasteiger partial charge in [-0.25, -0.2) is 4.98 Å². The van der Waals surface area contributed by atoms with Crippen LogP contribution < -0.4 is 5.32 Å². The molecule has 2 saturated heterocycles. The van der Waals surface area contributed by atoms with E-state index < -0.39 is 0 Å². The molecular weight excluding hydrogens is 280 g/mol. The van der Waals surface area contributed by atoms with Gasteiger partial charge < -0.3 is 5.32 Å². The predicted octanol–water partition coefficient (Wildman–Crippen LogP) is 2.38. The van der Waals surface area contributed by atoms with Gasteiger partial charge in [-0.15, -0.1) is 11.3 Å². The van der Waals surface area contributed by atoms with Gasteiger partial charge in [0.25, 0.3) is 0 Å². The highest BCUT2D eigenvalue weighted by Gasteiger charge is 2.29. The fourth-order valence-electron chi connectivity index (χ4n) is 3.32. The summed E-state index contributed by atoms with van der Waals surface area (Å²) in [7, 11) is 0. The summed E-state index contributed by atoms with van der Waals surface area (Å²) in [5.74, 6) is 0. The minimum atomic E-state index is 0.661. The molecule has 102 valence electrons. The van der Waals surface area contributed by atoms with E-state index in [2.05, 4.69) is 31.2 Å². The molecule has 0 spiro atoms. The molecule has 4 nitrogen and oxygen atoms in total. The summed E-state index contributed by atoms with van der Waals surface area (Å²) < 4.78 is 2.13. The van der Waals surface area contributed by atoms with E-state index in [4.69, 9.17) is 11.6 Å². The molecule has 2 atom stereocenters. The Morgan fingerprint density at radius 2 is 2.26 bits per heavy atom. The molecule has 0 aliphatic carbocycles. The Bertz CT molecular complexity index is 592. The van der Waals surface area contributed by atoms with E-state index in [1.54, 1.807) is 11.3 Å². The summed E-state index contributed by atoms with van der Waals surface area (Å²) in [5, 5.41) is 6.44. The normalized spacial score (nSPS) is 28.1. The fraction of sp³-hybridized carbons (Fsp3) is 0.615. The van der Waals surface area contributed by atoms with Gasteiger partial charge in [-0.2, -0.15) is 0 Å². The zero-order valence-electron chi connectivity index (χ0n) is 10.7. The number of nitrogens with zero attached hydrogens (tertiary/aromatic N) is 3. The molecule has 4 rings (SSSR count). The first kappa shape index (κ1) is 12.1. The molecule has 0 saturated carbocycles. The van der Waals surface area contributed by atoms with Crippen LogP contribution in [0.4, 0.5) is 0 Å². The van der Waals surface area contributed by atoms with Crippen molar-refractivity contribution in [1.29, 1.82) is 0 Å². The highest BCUT2D eigenvalue weighted by atomic mass is 35.5. The number of thiazole rings is 1. The van der Waals surface area contributed by atoms with Crippen molar-refractivity contribution in [2.24, 2.45) is 0 Å². The van der Waals surface area contributed by atoms with Crippen LogP contribution in [-0.2, 0) is 6.54 Å². The van der Waals surface area contributed by atoms with E-state index in [0.717, 1.165) is 36.3 Å². The molecule has 4 heterocycles. The van der Waals surface area contributed by atoms with Crippen LogP contribution in [0.3, 0.4) is 0 Å². The number of imidazole rings is 1. The lowest BCUT2D eigenvalue weighted by atomic mass is 10.1. The van der Waals surface area contributed by atoms with Crippen molar-refractivity contribution in [3.05, 3.63) is 22.4 Å². The lowest BCUT2D eigenvalue weighted by molar-refractivity contribution is 0.247. The second-order valence-electron chi connectivity index (χ2n) is 5.57. The summed E-state index contributed by atoms with van der Waals surface area (Å²) in [6, 6.07) is 1.40. The van der Waals surface area contributed by atoms with Gasteiger partial charge in [0.05, 0.1) is 5.69 Å². The number of halogens is 1. The molecule has 0 radical (unpaired) electrons. The van der Waals surface area contributed by atoms with Gasteiger partial charge >= 0.3 is 0 Å². The molecule has 2 aromatic rings. The molecule has 19 heavy (non-hydrogen) atoms. The third-order valence-electron chi connectivity index (χ3n) is 4.29. The average molecular weight is 297 g/mol. The SMILES string of the molecule is Clc1nc2sccn2c1CN1CCC2CCC(C1)N2. The van der Waals surface area contributed by atoms with E-state index >= 15 is 0 Å². The molecule has 2 bridgehead atoms. The third kappa shape index (κ3) is 2.18. The predicted molar refractivity (Wildman–Crippen MR) is 77.9 cm³/mol. The monoisotopic (exact) mass is 296 g/mol. The minimum Gasteiger partial charge on any atom is -0.310 e. The summed E-state index contributed by atoms with van der Waals surface area (Å²) in [4.78, 5) is 7.93. The lowest BCUT2D eigenvalue weighted by Crippen LogP contribution is -2.35. The van der Waals surface area contributed by atoms with Crippen molar-refractivity contribution < 1.29 is 0 Å². The number of hydrogen-bond acceptors (Lipinski definition) is 4. The molecule has 2 unspecified atom stereocenters. The highest BCUT2D eigenvalue weighted by Crippen LogP contribution is 2.25. The van der Waals surface area contributed by atoms with Crippen molar-refractivity contribution >= 4 is 27.9 Å². The van der Waals surface area contributed by atoms with Crippen LogP contribution in [0.15, 0.2) is 11.6 Å². The zero-order chi connectivity index (χ0) is 12.8. The van der Waals surface area contributed by atoms with E-state index in [1.165, 1.54) is 19.3 Å². The number of fused-ring (bicyclic) bond motifs is 3. The number of rotatable bonds is 2. The van der Waals surface area contributed by atoms with Crippen molar-refractivity contribution in [2.45, 2.75) is 37.9 Å². The highest BCUT2D eigenvalue weighted by molar-refractivity contribution is 7.15. The van der Waals surface area contributed by atoms with E-state index in [1.807, 2.05) is 0 Å². The van der Waals surface area contributed by atoms with Gasteiger partial charge in [0, 0.05) is 43.3 Å². The molecule has 0 amide bonds. The lowest BCUT2D eigenvalue weighted by Gasteiger charge is -2.23. The minimum absolute atomic E-state index is 0.661. The third-order valence-corrected chi connectivity index (χ3v) is 5.35. The zero-order valence-corrected chi connectivity index (χ0v) is 12.3. The van der Waals surface area contributed by atoms with Crippen LogP contribution in [0.1, 0.15) is 25.0 Å². The van der Waals surface area contributed by atoms with Crippen molar-refractivity contribution in [2.75, 3.05) is 13.1 Å². The van der Waals surface area contributed by atoms with Crippen LogP contribution in [0.2, 0.25) is 5.15 Å². The van der Waals surface area contributed by atoms with Crippen LogP contribution >= 0.6 is 22.9 Å². The summed E-state index contributed by atoms with van der Waals surface area (Å²) in [6.07, 6.45) is 5.98. The molecule has 6 heteroatoms. The maximum absolute atomic E-state index is 6.28. The second-order valence-corrected chi connectivity index (χ2v) is 6.80. The number of nitrogens with one attached hydrogen (secondary N) is 1. The van der Waals surface area contributed by atoms with Crippen LogP contribution in [0.25, 0.3) is 4.96 Å². The van der Waals surface area contributed by atoms with E-state index in [-0.39, 0.29) is 0 Å². The van der Waals surface area contributed by atoms with E-state index in [0.29, 0.717) is 11.2 Å². The number of likely N-dealkylation sites (tertiary alicyclic amines) is 1. The fourth-order valence-corrected chi connectivity index (χ4v) is 4.33. The van der Waals surface area contributed by atoms with Gasteiger partial charge in [-0.1, -0.05) is 11.6 Å². The van der Waals surface area contributed by atoms with Crippen LogP contribution in [0.5, 0.6) is 0 Å². The molecule has 0 aromatic carbocycles. The molecule has 2 fully saturated rings. The molecule has 2 aromatic heterocycles. The van der Waals surface area contributed by atoms with Crippen molar-refractivity contribution in [3.63, 3.8) is 0 Å². The van der Waals surface area contributed by atoms with Crippen LogP contribution in [-0.4, -0.2) is 39.5 Å². The summed E-state index contributed by atoms with van der Waals surface area (Å²) in [6.45, 7) is 3.19. The molecule has 1 N–H and O–H groups in total. The topological polar surface area (TPSA) is 32.6 Å². The standard InChI is InChI=1S/C13H17ClN4S/c14-12-11(18-5-6-19-13(18)16-12)8-17-4-3-9-1-2-10(7-17)15-9/h5-6,9-10,15H,1-4,7-8H2. The smallest absolute Gasteiger partial charge is 0.195 e. The molecule has 2 aliphatic rings. The van der Waals surface area contributed by atoms with Gasteiger partial charge in [-0.05, 0) is 19.3 Å². The van der Waals surface area contributed by atoms with Crippen molar-refractivity contribution in [1.82, 2.24) is 19.6 Å². The number of aromatic nitrogens is 2. The van der Waals surface area contributed by atoms with Crippen molar-refractivity contribution in [3.8, 4) is 0 Å². The Hall–Kier alpha value is -0.620. The molecular formula is C13H17ClN4S. The number of hydrogen-bond donors (Lipinski definition) is 1. The first-order valence-electron chi connectivity index (χ1n) is 6.88. The van der Waals surface area contributed by atoms with Gasteiger partial charge in [0.2, 0.25) is 0 Å². The first-order valence-corrected chi connectivity index (χ1v) is 8.13. The second kappa shape index (κ2) is 4.74. The maximum Gasteiger partial charge on any atom is 0.195 e. The Morgan fingerprint density at radius 1 is 1.37 bits per heavy atom. The maximum atomic E-state index is 6.28.